The van der Waals surface area contributed by atoms with Crippen LogP contribution < -0.4 is 10.1 Å². The first-order valence-electron chi connectivity index (χ1n) is 17.9. The third kappa shape index (κ3) is 5.58. The number of nitrogens with one attached hydrogen (secondary N) is 1. The molecular weight excluding hydrogens is 647 g/mol. The van der Waals surface area contributed by atoms with E-state index in [0.29, 0.717) is 0 Å². The van der Waals surface area contributed by atoms with E-state index in [4.69, 9.17) is 14.7 Å². The predicted molar refractivity (Wildman–Crippen MR) is 218 cm³/mol. The zero-order valence-corrected chi connectivity index (χ0v) is 28.8. The Labute approximate surface area is 308 Å². The molecule has 1 unspecified atom stereocenters. The Hall–Kier alpha value is -7.04. The van der Waals surface area contributed by atoms with E-state index in [1.807, 2.05) is 36.4 Å². The molecular formula is C49H33N3O. The summed E-state index contributed by atoms with van der Waals surface area (Å²) in [4.78, 5) is 10.0. The molecule has 0 aliphatic carbocycles. The fraction of sp³-hybridized carbons (Fsp3) is 0.0204. The molecule has 0 saturated carbocycles. The molecule has 0 amide bonds. The van der Waals surface area contributed by atoms with Crippen molar-refractivity contribution in [1.29, 1.82) is 0 Å². The Bertz CT molecular complexity index is 2780. The summed E-state index contributed by atoms with van der Waals surface area (Å²) in [6, 6.07) is 65.7. The normalized spacial score (nSPS) is 13.4. The molecule has 1 aliphatic rings. The molecule has 250 valence electrons. The molecule has 10 rings (SSSR count). The van der Waals surface area contributed by atoms with Crippen LogP contribution in [0.3, 0.4) is 0 Å². The van der Waals surface area contributed by atoms with Crippen LogP contribution in [0.15, 0.2) is 188 Å². The maximum atomic E-state index is 6.85. The molecule has 0 bridgehead atoms. The van der Waals surface area contributed by atoms with Crippen LogP contribution in [-0.4, -0.2) is 9.97 Å². The summed E-state index contributed by atoms with van der Waals surface area (Å²) in [6.07, 6.45) is -0.309. The van der Waals surface area contributed by atoms with Gasteiger partial charge in [0.1, 0.15) is 0 Å². The summed E-state index contributed by atoms with van der Waals surface area (Å²) in [5, 5.41) is 7.05. The van der Waals surface area contributed by atoms with Gasteiger partial charge in [-0.15, -0.1) is 0 Å². The van der Waals surface area contributed by atoms with Crippen molar-refractivity contribution in [2.75, 3.05) is 5.32 Å². The van der Waals surface area contributed by atoms with Crippen molar-refractivity contribution in [2.45, 2.75) is 6.23 Å². The molecule has 9 aromatic rings. The van der Waals surface area contributed by atoms with Gasteiger partial charge in [-0.1, -0.05) is 170 Å². The second-order valence-corrected chi connectivity index (χ2v) is 13.4. The lowest BCUT2D eigenvalue weighted by Crippen LogP contribution is -2.10. The highest BCUT2D eigenvalue weighted by atomic mass is 16.5. The maximum Gasteiger partial charge on any atom is 0.196 e. The lowest BCUT2D eigenvalue weighted by atomic mass is 9.88. The fourth-order valence-corrected chi connectivity index (χ4v) is 7.55. The highest BCUT2D eigenvalue weighted by Crippen LogP contribution is 2.49. The molecule has 1 atom stereocenters. The predicted octanol–water partition coefficient (Wildman–Crippen LogP) is 12.6. The first kappa shape index (κ1) is 30.8. The number of ether oxygens (including phenoxy) is 1. The van der Waals surface area contributed by atoms with Gasteiger partial charge in [-0.05, 0) is 51.2 Å². The summed E-state index contributed by atoms with van der Waals surface area (Å²) < 4.78 is 6.85. The van der Waals surface area contributed by atoms with Crippen LogP contribution in [0, 0.1) is 0 Å². The van der Waals surface area contributed by atoms with Crippen LogP contribution in [0.5, 0.6) is 5.75 Å². The third-order valence-electron chi connectivity index (χ3n) is 10.1. The number of aromatic nitrogens is 2. The maximum absolute atomic E-state index is 6.85. The third-order valence-corrected chi connectivity index (χ3v) is 10.1. The molecule has 2 heterocycles. The highest BCUT2D eigenvalue weighted by Gasteiger charge is 2.28. The van der Waals surface area contributed by atoms with Crippen LogP contribution >= 0.6 is 0 Å². The zero-order valence-electron chi connectivity index (χ0n) is 28.8. The van der Waals surface area contributed by atoms with E-state index in [1.165, 1.54) is 16.3 Å². The first-order valence-corrected chi connectivity index (χ1v) is 17.9. The number of rotatable bonds is 6. The molecule has 0 radical (unpaired) electrons. The van der Waals surface area contributed by atoms with Gasteiger partial charge in [0.25, 0.3) is 0 Å². The number of fused-ring (bicyclic) bond motifs is 3. The monoisotopic (exact) mass is 679 g/mol. The van der Waals surface area contributed by atoms with Crippen LogP contribution in [0.2, 0.25) is 0 Å². The fourth-order valence-electron chi connectivity index (χ4n) is 7.55. The molecule has 4 nitrogen and oxygen atoms in total. The van der Waals surface area contributed by atoms with E-state index < -0.39 is 0 Å². The average molecular weight is 680 g/mol. The van der Waals surface area contributed by atoms with Crippen molar-refractivity contribution in [3.8, 4) is 61.8 Å². The Morgan fingerprint density at radius 3 is 1.96 bits per heavy atom. The van der Waals surface area contributed by atoms with Gasteiger partial charge >= 0.3 is 0 Å². The minimum atomic E-state index is -0.309. The standard InChI is InChI=1S/C49H33N3O/c1-3-13-32(14-4-1)37-18-11-19-38(31-37)49-51-44-24-12-22-42(47(44)53-49)45-39-20-8-7-15-33(39)29-30-40(45)34-25-27-35(28-26-34)46-41-21-9-10-23-43(41)50-48(52-46)36-16-5-2-6-17-36/h1-31,49,51H. The number of anilines is 1. The lowest BCUT2D eigenvalue weighted by Gasteiger charge is -2.17. The quantitative estimate of drug-likeness (QED) is 0.190. The van der Waals surface area contributed by atoms with Crippen LogP contribution in [0.25, 0.3) is 77.7 Å². The summed E-state index contributed by atoms with van der Waals surface area (Å²) in [5.41, 5.74) is 12.7. The molecule has 0 saturated heterocycles. The number of hydrogen-bond donors (Lipinski definition) is 1. The summed E-state index contributed by atoms with van der Waals surface area (Å²) >= 11 is 0. The number of benzene rings is 8. The molecule has 1 aromatic heterocycles. The minimum Gasteiger partial charge on any atom is -0.464 e. The van der Waals surface area contributed by atoms with E-state index in [-0.39, 0.29) is 6.23 Å². The van der Waals surface area contributed by atoms with Crippen molar-refractivity contribution >= 4 is 27.4 Å². The zero-order chi connectivity index (χ0) is 35.1. The Morgan fingerprint density at radius 2 is 1.13 bits per heavy atom. The van der Waals surface area contributed by atoms with E-state index >= 15 is 0 Å². The van der Waals surface area contributed by atoms with Gasteiger partial charge < -0.3 is 10.1 Å². The van der Waals surface area contributed by atoms with Crippen molar-refractivity contribution in [3.05, 3.63) is 194 Å². The Morgan fingerprint density at radius 1 is 0.453 bits per heavy atom. The SMILES string of the molecule is c1ccc(-c2cccc(C3Nc4cccc(-c5c(-c6ccc(-c7nc(-c8ccccc8)nc8ccccc78)cc6)ccc6ccccc56)c4O3)c2)cc1. The van der Waals surface area contributed by atoms with E-state index in [2.05, 4.69) is 157 Å². The van der Waals surface area contributed by atoms with Crippen molar-refractivity contribution in [2.24, 2.45) is 0 Å². The average Bonchev–Trinajstić information content (AvgIpc) is 3.69. The highest BCUT2D eigenvalue weighted by molar-refractivity contribution is 6.06. The molecule has 1 N–H and O–H groups in total. The molecule has 53 heavy (non-hydrogen) atoms. The number of nitrogens with zero attached hydrogens (tertiary/aromatic N) is 2. The van der Waals surface area contributed by atoms with E-state index in [0.717, 1.165) is 78.4 Å². The van der Waals surface area contributed by atoms with Crippen molar-refractivity contribution < 1.29 is 4.74 Å². The summed E-state index contributed by atoms with van der Waals surface area (Å²) in [7, 11) is 0. The van der Waals surface area contributed by atoms with Gasteiger partial charge in [-0.25, -0.2) is 9.97 Å². The lowest BCUT2D eigenvalue weighted by molar-refractivity contribution is 0.261. The summed E-state index contributed by atoms with van der Waals surface area (Å²) in [6.45, 7) is 0. The molecule has 8 aromatic carbocycles. The number of hydrogen-bond acceptors (Lipinski definition) is 4. The largest absolute Gasteiger partial charge is 0.464 e. The van der Waals surface area contributed by atoms with Crippen LogP contribution in [-0.2, 0) is 0 Å². The van der Waals surface area contributed by atoms with E-state index in [9.17, 15) is 0 Å². The van der Waals surface area contributed by atoms with Crippen molar-refractivity contribution in [3.63, 3.8) is 0 Å². The first-order chi connectivity index (χ1) is 26.3. The van der Waals surface area contributed by atoms with E-state index in [1.54, 1.807) is 0 Å². The summed E-state index contributed by atoms with van der Waals surface area (Å²) in [5.74, 6) is 1.58. The van der Waals surface area contributed by atoms with Crippen LogP contribution in [0.1, 0.15) is 11.8 Å². The second kappa shape index (κ2) is 12.9. The Balaban J connectivity index is 1.06. The van der Waals surface area contributed by atoms with Crippen molar-refractivity contribution in [1.82, 2.24) is 9.97 Å². The van der Waals surface area contributed by atoms with Gasteiger partial charge in [0, 0.05) is 33.2 Å². The Kier molecular flexibility index (Phi) is 7.51. The van der Waals surface area contributed by atoms with Gasteiger partial charge in [0.2, 0.25) is 0 Å². The van der Waals surface area contributed by atoms with Crippen LogP contribution in [0.4, 0.5) is 5.69 Å². The minimum absolute atomic E-state index is 0.309. The van der Waals surface area contributed by atoms with Gasteiger partial charge in [0.05, 0.1) is 16.9 Å². The van der Waals surface area contributed by atoms with Gasteiger partial charge in [0.15, 0.2) is 17.8 Å². The molecule has 0 fully saturated rings. The second-order valence-electron chi connectivity index (χ2n) is 13.4. The smallest absolute Gasteiger partial charge is 0.196 e. The molecule has 4 heteroatoms. The number of para-hydroxylation sites is 2. The molecule has 0 spiro atoms. The van der Waals surface area contributed by atoms with Gasteiger partial charge in [-0.3, -0.25) is 0 Å². The van der Waals surface area contributed by atoms with Gasteiger partial charge in [-0.2, -0.15) is 0 Å². The molecule has 1 aliphatic heterocycles. The topological polar surface area (TPSA) is 47.0 Å².